The summed E-state index contributed by atoms with van der Waals surface area (Å²) in [5.41, 5.74) is 0. The largest absolute Gasteiger partial charge is 0.489 e. The van der Waals surface area contributed by atoms with E-state index in [0.717, 1.165) is 38.3 Å². The van der Waals surface area contributed by atoms with Crippen LogP contribution < -0.4 is 10.1 Å². The van der Waals surface area contributed by atoms with Crippen LogP contribution in [0, 0.1) is 0 Å². The molecule has 0 aromatic heterocycles. The van der Waals surface area contributed by atoms with Crippen LogP contribution in [0.1, 0.15) is 20.3 Å². The SMILES string of the molecule is CCC(CNC(=O)C(C)N1CCN(C)CC1)Oc1ccccc1. The fourth-order valence-corrected chi connectivity index (χ4v) is 2.70. The molecule has 5 heteroatoms. The molecule has 1 aromatic carbocycles. The van der Waals surface area contributed by atoms with E-state index in [1.165, 1.54) is 0 Å². The van der Waals surface area contributed by atoms with Gasteiger partial charge in [-0.2, -0.15) is 0 Å². The monoisotopic (exact) mass is 319 g/mol. The molecule has 1 saturated heterocycles. The Balaban J connectivity index is 1.77. The third-order valence-corrected chi connectivity index (χ3v) is 4.47. The van der Waals surface area contributed by atoms with Crippen molar-refractivity contribution in [1.82, 2.24) is 15.1 Å². The van der Waals surface area contributed by atoms with Gasteiger partial charge >= 0.3 is 0 Å². The van der Waals surface area contributed by atoms with E-state index in [4.69, 9.17) is 4.74 Å². The second kappa shape index (κ2) is 8.89. The van der Waals surface area contributed by atoms with Gasteiger partial charge in [-0.1, -0.05) is 25.1 Å². The van der Waals surface area contributed by atoms with Crippen LogP contribution in [-0.4, -0.2) is 67.6 Å². The molecule has 128 valence electrons. The molecule has 0 bridgehead atoms. The van der Waals surface area contributed by atoms with Crippen molar-refractivity contribution < 1.29 is 9.53 Å². The van der Waals surface area contributed by atoms with Gasteiger partial charge in [0.15, 0.2) is 0 Å². The Bertz CT molecular complexity index is 472. The van der Waals surface area contributed by atoms with E-state index in [1.54, 1.807) is 0 Å². The van der Waals surface area contributed by atoms with Gasteiger partial charge in [-0.3, -0.25) is 9.69 Å². The first-order valence-corrected chi connectivity index (χ1v) is 8.52. The summed E-state index contributed by atoms with van der Waals surface area (Å²) in [5.74, 6) is 0.936. The quantitative estimate of drug-likeness (QED) is 0.829. The number of amides is 1. The summed E-state index contributed by atoms with van der Waals surface area (Å²) in [6, 6.07) is 9.67. The summed E-state index contributed by atoms with van der Waals surface area (Å²) in [6.07, 6.45) is 0.860. The maximum atomic E-state index is 12.4. The summed E-state index contributed by atoms with van der Waals surface area (Å²) in [7, 11) is 2.12. The molecule has 1 heterocycles. The van der Waals surface area contributed by atoms with Crippen LogP contribution in [0.2, 0.25) is 0 Å². The third-order valence-electron chi connectivity index (χ3n) is 4.47. The molecule has 1 aliphatic heterocycles. The van der Waals surface area contributed by atoms with Crippen LogP contribution in [0.5, 0.6) is 5.75 Å². The highest BCUT2D eigenvalue weighted by Crippen LogP contribution is 2.12. The van der Waals surface area contributed by atoms with Crippen molar-refractivity contribution >= 4 is 5.91 Å². The van der Waals surface area contributed by atoms with E-state index >= 15 is 0 Å². The number of benzene rings is 1. The first-order chi connectivity index (χ1) is 11.1. The maximum absolute atomic E-state index is 12.4. The Morgan fingerprint density at radius 3 is 2.48 bits per heavy atom. The number of nitrogens with one attached hydrogen (secondary N) is 1. The minimum atomic E-state index is -0.0852. The Morgan fingerprint density at radius 2 is 1.87 bits per heavy atom. The van der Waals surface area contributed by atoms with Crippen LogP contribution in [0.25, 0.3) is 0 Å². The first kappa shape index (κ1) is 17.8. The van der Waals surface area contributed by atoms with E-state index < -0.39 is 0 Å². The molecular formula is C18H29N3O2. The molecule has 0 saturated carbocycles. The molecular weight excluding hydrogens is 290 g/mol. The maximum Gasteiger partial charge on any atom is 0.237 e. The van der Waals surface area contributed by atoms with Gasteiger partial charge in [-0.15, -0.1) is 0 Å². The first-order valence-electron chi connectivity index (χ1n) is 8.52. The lowest BCUT2D eigenvalue weighted by Crippen LogP contribution is -2.53. The van der Waals surface area contributed by atoms with Gasteiger partial charge in [0.05, 0.1) is 12.6 Å². The van der Waals surface area contributed by atoms with Gasteiger partial charge in [-0.25, -0.2) is 0 Å². The second-order valence-electron chi connectivity index (χ2n) is 6.22. The molecule has 1 N–H and O–H groups in total. The Morgan fingerprint density at radius 1 is 1.22 bits per heavy atom. The Labute approximate surface area is 139 Å². The highest BCUT2D eigenvalue weighted by molar-refractivity contribution is 5.81. The van der Waals surface area contributed by atoms with Crippen molar-refractivity contribution in [3.05, 3.63) is 30.3 Å². The zero-order valence-corrected chi connectivity index (χ0v) is 14.5. The van der Waals surface area contributed by atoms with E-state index in [-0.39, 0.29) is 18.1 Å². The predicted molar refractivity (Wildman–Crippen MR) is 92.7 cm³/mol. The number of rotatable bonds is 7. The van der Waals surface area contributed by atoms with Crippen molar-refractivity contribution in [3.63, 3.8) is 0 Å². The molecule has 1 aliphatic rings. The fourth-order valence-electron chi connectivity index (χ4n) is 2.70. The summed E-state index contributed by atoms with van der Waals surface area (Å²) < 4.78 is 5.92. The number of carbonyl (C=O) groups excluding carboxylic acids is 1. The topological polar surface area (TPSA) is 44.8 Å². The number of piperazine rings is 1. The summed E-state index contributed by atoms with van der Waals surface area (Å²) in [5, 5.41) is 3.04. The predicted octanol–water partition coefficient (Wildman–Crippen LogP) is 1.60. The normalized spacial score (nSPS) is 19.1. The van der Waals surface area contributed by atoms with Crippen LogP contribution in [-0.2, 0) is 4.79 Å². The number of ether oxygens (including phenoxy) is 1. The lowest BCUT2D eigenvalue weighted by molar-refractivity contribution is -0.126. The lowest BCUT2D eigenvalue weighted by Gasteiger charge is -2.35. The van der Waals surface area contributed by atoms with Crippen molar-refractivity contribution in [1.29, 1.82) is 0 Å². The molecule has 1 fully saturated rings. The minimum Gasteiger partial charge on any atom is -0.489 e. The van der Waals surface area contributed by atoms with Gasteiger partial charge in [0.1, 0.15) is 11.9 Å². The van der Waals surface area contributed by atoms with Crippen LogP contribution in [0.4, 0.5) is 0 Å². The number of hydrogen-bond donors (Lipinski definition) is 1. The molecule has 0 aliphatic carbocycles. The van der Waals surface area contributed by atoms with E-state index in [0.29, 0.717) is 6.54 Å². The number of likely N-dealkylation sites (N-methyl/N-ethyl adjacent to an activating group) is 1. The Kier molecular flexibility index (Phi) is 6.86. The zero-order valence-electron chi connectivity index (χ0n) is 14.5. The molecule has 0 radical (unpaired) electrons. The van der Waals surface area contributed by atoms with Gasteiger partial charge in [0.25, 0.3) is 0 Å². The van der Waals surface area contributed by atoms with Gasteiger partial charge in [0, 0.05) is 26.2 Å². The standard InChI is InChI=1S/C18H29N3O2/c1-4-16(23-17-8-6-5-7-9-17)14-19-18(22)15(2)21-12-10-20(3)11-13-21/h5-9,15-16H,4,10-14H2,1-3H3,(H,19,22). The summed E-state index contributed by atoms with van der Waals surface area (Å²) in [6.45, 7) is 8.54. The summed E-state index contributed by atoms with van der Waals surface area (Å²) in [4.78, 5) is 16.9. The lowest BCUT2D eigenvalue weighted by atomic mass is 10.2. The molecule has 1 aromatic rings. The molecule has 23 heavy (non-hydrogen) atoms. The Hall–Kier alpha value is -1.59. The number of hydrogen-bond acceptors (Lipinski definition) is 4. The smallest absolute Gasteiger partial charge is 0.237 e. The highest BCUT2D eigenvalue weighted by atomic mass is 16.5. The van der Waals surface area contributed by atoms with Crippen molar-refractivity contribution in [2.24, 2.45) is 0 Å². The second-order valence-corrected chi connectivity index (χ2v) is 6.22. The molecule has 0 spiro atoms. The average Bonchev–Trinajstić information content (AvgIpc) is 2.59. The fraction of sp³-hybridized carbons (Fsp3) is 0.611. The van der Waals surface area contributed by atoms with Gasteiger partial charge < -0.3 is 15.0 Å². The highest BCUT2D eigenvalue weighted by Gasteiger charge is 2.24. The summed E-state index contributed by atoms with van der Waals surface area (Å²) >= 11 is 0. The zero-order chi connectivity index (χ0) is 16.7. The van der Waals surface area contributed by atoms with Crippen molar-refractivity contribution in [3.8, 4) is 5.75 Å². The van der Waals surface area contributed by atoms with Crippen LogP contribution in [0.15, 0.2) is 30.3 Å². The minimum absolute atomic E-state index is 0.000962. The number of para-hydroxylation sites is 1. The molecule has 1 amide bonds. The molecule has 2 rings (SSSR count). The van der Waals surface area contributed by atoms with Crippen molar-refractivity contribution in [2.45, 2.75) is 32.4 Å². The van der Waals surface area contributed by atoms with E-state index in [1.807, 2.05) is 37.3 Å². The van der Waals surface area contributed by atoms with Crippen LogP contribution in [0.3, 0.4) is 0 Å². The van der Waals surface area contributed by atoms with Crippen LogP contribution >= 0.6 is 0 Å². The van der Waals surface area contributed by atoms with Gasteiger partial charge in [-0.05, 0) is 32.5 Å². The van der Waals surface area contributed by atoms with E-state index in [2.05, 4.69) is 29.1 Å². The third kappa shape index (κ3) is 5.52. The molecule has 2 atom stereocenters. The number of nitrogens with zero attached hydrogens (tertiary/aromatic N) is 2. The van der Waals surface area contributed by atoms with Crippen molar-refractivity contribution in [2.75, 3.05) is 39.8 Å². The average molecular weight is 319 g/mol. The molecule has 2 unspecified atom stereocenters. The molecule has 5 nitrogen and oxygen atoms in total. The van der Waals surface area contributed by atoms with E-state index in [9.17, 15) is 4.79 Å². The van der Waals surface area contributed by atoms with Gasteiger partial charge in [0.2, 0.25) is 5.91 Å². The number of carbonyl (C=O) groups is 1.